The monoisotopic (exact) mass is 440 g/mol. The van der Waals surface area contributed by atoms with Crippen LogP contribution in [0.15, 0.2) is 54.7 Å². The van der Waals surface area contributed by atoms with Gasteiger partial charge in [0.1, 0.15) is 18.1 Å². The van der Waals surface area contributed by atoms with Gasteiger partial charge in [0.25, 0.3) is 11.8 Å². The Morgan fingerprint density at radius 2 is 1.90 bits per heavy atom. The van der Waals surface area contributed by atoms with Crippen LogP contribution in [-0.2, 0) is 13.7 Å². The number of ether oxygens (including phenoxy) is 1. The molecule has 31 heavy (non-hydrogen) atoms. The second-order valence-corrected chi connectivity index (χ2v) is 7.92. The Labute approximate surface area is 186 Å². The lowest BCUT2D eigenvalue weighted by Crippen LogP contribution is -2.30. The molecular weight excluding hydrogens is 416 g/mol. The standard InChI is InChI=1S/C23H25ClN4O3/c1-15(2)12-25-23(30)21-19(13-26-28(21)3)27-22(29)17-8-6-7-16(11-17)14-31-20-10-5-4-9-18(20)24/h4-11,13,15H,12,14H2,1-3H3,(H,25,30)(H,27,29). The second kappa shape index (κ2) is 10.1. The minimum absolute atomic E-state index is 0.264. The molecule has 3 aromatic rings. The van der Waals surface area contributed by atoms with Crippen molar-refractivity contribution in [1.82, 2.24) is 15.1 Å². The van der Waals surface area contributed by atoms with Crippen LogP contribution >= 0.6 is 11.6 Å². The van der Waals surface area contributed by atoms with Crippen LogP contribution in [0, 0.1) is 5.92 Å². The van der Waals surface area contributed by atoms with Crippen molar-refractivity contribution in [3.63, 3.8) is 0 Å². The molecule has 0 aliphatic heterocycles. The number of aryl methyl sites for hydroxylation is 1. The van der Waals surface area contributed by atoms with E-state index in [4.69, 9.17) is 16.3 Å². The van der Waals surface area contributed by atoms with Gasteiger partial charge in [-0.05, 0) is 35.7 Å². The van der Waals surface area contributed by atoms with Gasteiger partial charge in [0.2, 0.25) is 0 Å². The van der Waals surface area contributed by atoms with Crippen LogP contribution in [0.25, 0.3) is 0 Å². The van der Waals surface area contributed by atoms with Gasteiger partial charge in [-0.15, -0.1) is 0 Å². The van der Waals surface area contributed by atoms with Gasteiger partial charge >= 0.3 is 0 Å². The van der Waals surface area contributed by atoms with Crippen molar-refractivity contribution in [2.24, 2.45) is 13.0 Å². The predicted molar refractivity (Wildman–Crippen MR) is 121 cm³/mol. The number of benzene rings is 2. The molecule has 0 bridgehead atoms. The van der Waals surface area contributed by atoms with Gasteiger partial charge in [0.15, 0.2) is 0 Å². The molecule has 0 aliphatic carbocycles. The topological polar surface area (TPSA) is 85.2 Å². The Bertz CT molecular complexity index is 1080. The molecular formula is C23H25ClN4O3. The van der Waals surface area contributed by atoms with Crippen molar-refractivity contribution in [1.29, 1.82) is 0 Å². The van der Waals surface area contributed by atoms with Crippen LogP contribution in [0.5, 0.6) is 5.75 Å². The number of anilines is 1. The van der Waals surface area contributed by atoms with Crippen LogP contribution in [0.1, 0.15) is 40.3 Å². The fraction of sp³-hybridized carbons (Fsp3) is 0.261. The van der Waals surface area contributed by atoms with E-state index in [1.54, 1.807) is 37.4 Å². The van der Waals surface area contributed by atoms with Crippen molar-refractivity contribution in [2.75, 3.05) is 11.9 Å². The summed E-state index contributed by atoms with van der Waals surface area (Å²) in [5, 5.41) is 10.3. The predicted octanol–water partition coefficient (Wildman–Crippen LogP) is 4.29. The zero-order valence-corrected chi connectivity index (χ0v) is 18.4. The lowest BCUT2D eigenvalue weighted by Gasteiger charge is -2.11. The van der Waals surface area contributed by atoms with Crippen LogP contribution in [0.4, 0.5) is 5.69 Å². The molecule has 0 aliphatic rings. The number of hydrogen-bond donors (Lipinski definition) is 2. The van der Waals surface area contributed by atoms with Crippen LogP contribution in [0.2, 0.25) is 5.02 Å². The Morgan fingerprint density at radius 3 is 2.65 bits per heavy atom. The summed E-state index contributed by atoms with van der Waals surface area (Å²) < 4.78 is 7.19. The lowest BCUT2D eigenvalue weighted by atomic mass is 10.1. The Kier molecular flexibility index (Phi) is 7.31. The van der Waals surface area contributed by atoms with Gasteiger partial charge in [-0.2, -0.15) is 5.10 Å². The molecule has 2 amide bonds. The van der Waals surface area contributed by atoms with Crippen molar-refractivity contribution < 1.29 is 14.3 Å². The summed E-state index contributed by atoms with van der Waals surface area (Å²) in [4.78, 5) is 25.3. The van der Waals surface area contributed by atoms with Gasteiger partial charge in [0.05, 0.1) is 16.9 Å². The molecule has 0 fully saturated rings. The van der Waals surface area contributed by atoms with Crippen molar-refractivity contribution in [2.45, 2.75) is 20.5 Å². The molecule has 0 radical (unpaired) electrons. The molecule has 0 saturated carbocycles. The van der Waals surface area contributed by atoms with Crippen LogP contribution in [-0.4, -0.2) is 28.1 Å². The number of carbonyl (C=O) groups excluding carboxylic acids is 2. The summed E-state index contributed by atoms with van der Waals surface area (Å²) in [5.74, 6) is 0.258. The molecule has 3 rings (SSSR count). The number of amides is 2. The molecule has 0 saturated heterocycles. The maximum absolute atomic E-state index is 12.8. The summed E-state index contributed by atoms with van der Waals surface area (Å²) >= 11 is 6.11. The van der Waals surface area contributed by atoms with Gasteiger partial charge in [-0.25, -0.2) is 0 Å². The molecule has 7 nitrogen and oxygen atoms in total. The van der Waals surface area contributed by atoms with E-state index in [2.05, 4.69) is 15.7 Å². The normalized spacial score (nSPS) is 10.7. The van der Waals surface area contributed by atoms with Gasteiger partial charge in [0, 0.05) is 19.2 Å². The van der Waals surface area contributed by atoms with Crippen molar-refractivity contribution >= 4 is 29.1 Å². The quantitative estimate of drug-likeness (QED) is 0.547. The largest absolute Gasteiger partial charge is 0.487 e. The van der Waals surface area contributed by atoms with Crippen molar-refractivity contribution in [3.05, 3.63) is 76.6 Å². The first-order valence-electron chi connectivity index (χ1n) is 9.93. The number of para-hydroxylation sites is 1. The third kappa shape index (κ3) is 5.86. The number of rotatable bonds is 8. The molecule has 2 aromatic carbocycles. The van der Waals surface area contributed by atoms with E-state index >= 15 is 0 Å². The zero-order chi connectivity index (χ0) is 22.4. The van der Waals surface area contributed by atoms with Crippen LogP contribution < -0.4 is 15.4 Å². The number of halogens is 1. The first kappa shape index (κ1) is 22.4. The molecule has 8 heteroatoms. The summed E-state index contributed by atoms with van der Waals surface area (Å²) in [6.45, 7) is 4.81. The molecule has 0 spiro atoms. The highest BCUT2D eigenvalue weighted by Gasteiger charge is 2.19. The molecule has 1 aromatic heterocycles. The SMILES string of the molecule is CC(C)CNC(=O)c1c(NC(=O)c2cccc(COc3ccccc3Cl)c2)cnn1C. The highest BCUT2D eigenvalue weighted by atomic mass is 35.5. The molecule has 0 atom stereocenters. The number of aromatic nitrogens is 2. The fourth-order valence-electron chi connectivity index (χ4n) is 2.90. The Morgan fingerprint density at radius 1 is 1.13 bits per heavy atom. The third-order valence-electron chi connectivity index (χ3n) is 4.49. The summed E-state index contributed by atoms with van der Waals surface area (Å²) in [7, 11) is 1.66. The van der Waals surface area contributed by atoms with Gasteiger partial charge in [-0.1, -0.05) is 49.7 Å². The van der Waals surface area contributed by atoms with Gasteiger partial charge < -0.3 is 15.4 Å². The first-order chi connectivity index (χ1) is 14.8. The zero-order valence-electron chi connectivity index (χ0n) is 17.7. The van der Waals surface area contributed by atoms with E-state index in [9.17, 15) is 9.59 Å². The number of hydrogen-bond acceptors (Lipinski definition) is 4. The maximum atomic E-state index is 12.8. The average molecular weight is 441 g/mol. The van der Waals surface area contributed by atoms with Crippen LogP contribution in [0.3, 0.4) is 0 Å². The highest BCUT2D eigenvalue weighted by Crippen LogP contribution is 2.24. The maximum Gasteiger partial charge on any atom is 0.271 e. The molecule has 162 valence electrons. The third-order valence-corrected chi connectivity index (χ3v) is 4.81. The highest BCUT2D eigenvalue weighted by molar-refractivity contribution is 6.32. The number of nitrogens with one attached hydrogen (secondary N) is 2. The minimum Gasteiger partial charge on any atom is -0.487 e. The lowest BCUT2D eigenvalue weighted by molar-refractivity contribution is 0.0940. The molecule has 2 N–H and O–H groups in total. The molecule has 1 heterocycles. The molecule has 0 unspecified atom stereocenters. The summed E-state index contributed by atoms with van der Waals surface area (Å²) in [6.07, 6.45) is 1.46. The summed E-state index contributed by atoms with van der Waals surface area (Å²) in [6, 6.07) is 14.3. The van der Waals surface area contributed by atoms with E-state index < -0.39 is 0 Å². The van der Waals surface area contributed by atoms with E-state index in [0.717, 1.165) is 5.56 Å². The summed E-state index contributed by atoms with van der Waals surface area (Å²) in [5.41, 5.74) is 1.91. The van der Waals surface area contributed by atoms with E-state index in [1.165, 1.54) is 10.9 Å². The minimum atomic E-state index is -0.342. The van der Waals surface area contributed by atoms with Crippen molar-refractivity contribution in [3.8, 4) is 5.75 Å². The van der Waals surface area contributed by atoms with E-state index in [-0.39, 0.29) is 18.4 Å². The van der Waals surface area contributed by atoms with E-state index in [1.807, 2.05) is 32.0 Å². The van der Waals surface area contributed by atoms with E-state index in [0.29, 0.717) is 40.2 Å². The first-order valence-corrected chi connectivity index (χ1v) is 10.3. The fourth-order valence-corrected chi connectivity index (χ4v) is 3.09. The smallest absolute Gasteiger partial charge is 0.271 e. The van der Waals surface area contributed by atoms with Gasteiger partial charge in [-0.3, -0.25) is 14.3 Å². The Balaban J connectivity index is 1.70. The Hall–Kier alpha value is -3.32. The number of carbonyl (C=O) groups is 2. The number of nitrogens with zero attached hydrogens (tertiary/aromatic N) is 2. The second-order valence-electron chi connectivity index (χ2n) is 7.51. The average Bonchev–Trinajstić information content (AvgIpc) is 3.11.